The van der Waals surface area contributed by atoms with Crippen LogP contribution in [0.2, 0.25) is 0 Å². The second-order valence-electron chi connectivity index (χ2n) is 9.68. The number of nitrogens with one attached hydrogen (secondary N) is 1. The molecule has 1 N–H and O–H groups in total. The van der Waals surface area contributed by atoms with Crippen molar-refractivity contribution in [3.8, 4) is 11.5 Å². The van der Waals surface area contributed by atoms with E-state index in [1.54, 1.807) is 12.1 Å². The van der Waals surface area contributed by atoms with Crippen LogP contribution in [0.1, 0.15) is 42.3 Å². The minimum Gasteiger partial charge on any atom is -0.482 e. The van der Waals surface area contributed by atoms with Crippen molar-refractivity contribution in [2.24, 2.45) is 0 Å². The first-order valence-electron chi connectivity index (χ1n) is 12.0. The standard InChI is InChI=1S/C30H29NO6/c1-30(2,3)22-10-13-23(14-11-22)35-19-27(32)36-24-12-9-21-17-25(29(34)37-26(21)18-24)28(33)31-16-15-20-7-5-4-6-8-20/h4-14,17-18H,15-16,19H2,1-3H3,(H,31,33). The van der Waals surface area contributed by atoms with E-state index in [0.29, 0.717) is 24.1 Å². The van der Waals surface area contributed by atoms with Gasteiger partial charge in [0.1, 0.15) is 22.6 Å². The van der Waals surface area contributed by atoms with Gasteiger partial charge in [0.05, 0.1) is 0 Å². The number of hydrogen-bond acceptors (Lipinski definition) is 6. The highest BCUT2D eigenvalue weighted by Gasteiger charge is 2.16. The van der Waals surface area contributed by atoms with E-state index in [1.807, 2.05) is 54.6 Å². The third kappa shape index (κ3) is 6.85. The lowest BCUT2D eigenvalue weighted by Gasteiger charge is -2.19. The number of esters is 1. The van der Waals surface area contributed by atoms with Crippen LogP contribution < -0.4 is 20.4 Å². The van der Waals surface area contributed by atoms with E-state index in [2.05, 4.69) is 26.1 Å². The van der Waals surface area contributed by atoms with Gasteiger partial charge >= 0.3 is 11.6 Å². The van der Waals surface area contributed by atoms with Crippen molar-refractivity contribution in [1.82, 2.24) is 5.32 Å². The average molecular weight is 500 g/mol. The first kappa shape index (κ1) is 25.7. The van der Waals surface area contributed by atoms with Gasteiger partial charge in [-0.25, -0.2) is 9.59 Å². The van der Waals surface area contributed by atoms with E-state index in [4.69, 9.17) is 13.9 Å². The zero-order chi connectivity index (χ0) is 26.4. The van der Waals surface area contributed by atoms with Crippen LogP contribution >= 0.6 is 0 Å². The van der Waals surface area contributed by atoms with Crippen LogP contribution in [-0.4, -0.2) is 25.0 Å². The average Bonchev–Trinajstić information content (AvgIpc) is 2.87. The maximum Gasteiger partial charge on any atom is 0.349 e. The summed E-state index contributed by atoms with van der Waals surface area (Å²) in [6, 6.07) is 23.4. The van der Waals surface area contributed by atoms with Crippen LogP contribution in [-0.2, 0) is 16.6 Å². The second-order valence-corrected chi connectivity index (χ2v) is 9.68. The van der Waals surface area contributed by atoms with Gasteiger partial charge in [0, 0.05) is 18.0 Å². The number of fused-ring (bicyclic) bond motifs is 1. The topological polar surface area (TPSA) is 94.8 Å². The van der Waals surface area contributed by atoms with Crippen molar-refractivity contribution >= 4 is 22.8 Å². The first-order valence-corrected chi connectivity index (χ1v) is 12.0. The smallest absolute Gasteiger partial charge is 0.349 e. The number of benzene rings is 3. The third-order valence-electron chi connectivity index (χ3n) is 5.80. The maximum atomic E-state index is 12.5. The lowest BCUT2D eigenvalue weighted by molar-refractivity contribution is -0.136. The molecule has 1 heterocycles. The van der Waals surface area contributed by atoms with Crippen LogP contribution in [0.5, 0.6) is 11.5 Å². The van der Waals surface area contributed by atoms with Crippen molar-refractivity contribution in [2.75, 3.05) is 13.2 Å². The molecule has 37 heavy (non-hydrogen) atoms. The summed E-state index contributed by atoms with van der Waals surface area (Å²) in [5.74, 6) is -0.345. The summed E-state index contributed by atoms with van der Waals surface area (Å²) in [6.07, 6.45) is 0.645. The molecule has 0 unspecified atom stereocenters. The van der Waals surface area contributed by atoms with Gasteiger partial charge in [0.25, 0.3) is 5.91 Å². The number of carbonyl (C=O) groups excluding carboxylic acids is 2. The molecule has 0 bridgehead atoms. The summed E-state index contributed by atoms with van der Waals surface area (Å²) in [5, 5.41) is 3.28. The molecule has 0 saturated heterocycles. The Bertz CT molecular complexity index is 1450. The molecule has 0 aliphatic heterocycles. The van der Waals surface area contributed by atoms with E-state index in [9.17, 15) is 14.4 Å². The molecule has 4 rings (SSSR count). The van der Waals surface area contributed by atoms with Crippen LogP contribution in [0.3, 0.4) is 0 Å². The predicted octanol–water partition coefficient (Wildman–Crippen LogP) is 5.05. The lowest BCUT2D eigenvalue weighted by Crippen LogP contribution is -2.29. The van der Waals surface area contributed by atoms with Gasteiger partial charge in [0.2, 0.25) is 0 Å². The van der Waals surface area contributed by atoms with E-state index in [1.165, 1.54) is 12.1 Å². The molecule has 190 valence electrons. The largest absolute Gasteiger partial charge is 0.482 e. The van der Waals surface area contributed by atoms with E-state index in [-0.39, 0.29) is 28.9 Å². The highest BCUT2D eigenvalue weighted by atomic mass is 16.6. The Hall–Kier alpha value is -4.39. The summed E-state index contributed by atoms with van der Waals surface area (Å²) < 4.78 is 16.2. The van der Waals surface area contributed by atoms with Crippen molar-refractivity contribution < 1.29 is 23.5 Å². The highest BCUT2D eigenvalue weighted by molar-refractivity contribution is 5.96. The van der Waals surface area contributed by atoms with E-state index < -0.39 is 17.5 Å². The Kier molecular flexibility index (Phi) is 7.72. The Morgan fingerprint density at radius 1 is 0.892 bits per heavy atom. The first-order chi connectivity index (χ1) is 17.7. The van der Waals surface area contributed by atoms with Gasteiger partial charge in [-0.3, -0.25) is 4.79 Å². The molecule has 0 radical (unpaired) electrons. The molecular formula is C30H29NO6. The van der Waals surface area contributed by atoms with E-state index in [0.717, 1.165) is 11.1 Å². The Morgan fingerprint density at radius 3 is 2.30 bits per heavy atom. The fraction of sp³-hybridized carbons (Fsp3) is 0.233. The van der Waals surface area contributed by atoms with Gasteiger partial charge < -0.3 is 19.2 Å². The number of hydrogen-bond donors (Lipinski definition) is 1. The summed E-state index contributed by atoms with van der Waals surface area (Å²) in [4.78, 5) is 37.2. The van der Waals surface area contributed by atoms with Crippen LogP contribution in [0.4, 0.5) is 0 Å². The quantitative estimate of drug-likeness (QED) is 0.207. The van der Waals surface area contributed by atoms with Crippen LogP contribution in [0.15, 0.2) is 88.1 Å². The number of rotatable bonds is 8. The second kappa shape index (κ2) is 11.1. The molecule has 0 aliphatic carbocycles. The molecule has 1 amide bonds. The van der Waals surface area contributed by atoms with Gasteiger partial charge in [-0.05, 0) is 53.3 Å². The van der Waals surface area contributed by atoms with Crippen LogP contribution in [0.25, 0.3) is 11.0 Å². The highest BCUT2D eigenvalue weighted by Crippen LogP contribution is 2.24. The molecule has 7 heteroatoms. The molecule has 1 aromatic heterocycles. The number of ether oxygens (including phenoxy) is 2. The molecular weight excluding hydrogens is 470 g/mol. The molecule has 0 atom stereocenters. The monoisotopic (exact) mass is 499 g/mol. The zero-order valence-corrected chi connectivity index (χ0v) is 21.1. The fourth-order valence-corrected chi connectivity index (χ4v) is 3.73. The molecule has 0 spiro atoms. The predicted molar refractivity (Wildman–Crippen MR) is 141 cm³/mol. The molecule has 0 fully saturated rings. The Labute approximate surface area is 215 Å². The van der Waals surface area contributed by atoms with Gasteiger partial charge in [0.15, 0.2) is 6.61 Å². The van der Waals surface area contributed by atoms with Crippen molar-refractivity contribution in [1.29, 1.82) is 0 Å². The minimum absolute atomic E-state index is 0.0233. The Balaban J connectivity index is 1.35. The summed E-state index contributed by atoms with van der Waals surface area (Å²) in [6.45, 7) is 6.47. The van der Waals surface area contributed by atoms with Crippen molar-refractivity contribution in [3.63, 3.8) is 0 Å². The van der Waals surface area contributed by atoms with Crippen molar-refractivity contribution in [3.05, 3.63) is 106 Å². The van der Waals surface area contributed by atoms with E-state index >= 15 is 0 Å². The van der Waals surface area contributed by atoms with Crippen LogP contribution in [0, 0.1) is 0 Å². The SMILES string of the molecule is CC(C)(C)c1ccc(OCC(=O)Oc2ccc3cc(C(=O)NCCc4ccccc4)c(=O)oc3c2)cc1. The molecule has 3 aromatic carbocycles. The molecule has 0 aliphatic rings. The number of carbonyl (C=O) groups is 2. The third-order valence-corrected chi connectivity index (χ3v) is 5.80. The van der Waals surface area contributed by atoms with Gasteiger partial charge in [-0.15, -0.1) is 0 Å². The van der Waals surface area contributed by atoms with Crippen molar-refractivity contribution in [2.45, 2.75) is 32.6 Å². The Morgan fingerprint density at radius 2 is 1.59 bits per heavy atom. The number of amides is 1. The maximum absolute atomic E-state index is 12.5. The summed E-state index contributed by atoms with van der Waals surface area (Å²) in [5.41, 5.74) is 1.61. The zero-order valence-electron chi connectivity index (χ0n) is 21.1. The molecule has 4 aromatic rings. The lowest BCUT2D eigenvalue weighted by atomic mass is 9.87. The van der Waals surface area contributed by atoms with Gasteiger partial charge in [-0.1, -0.05) is 63.2 Å². The summed E-state index contributed by atoms with van der Waals surface area (Å²) in [7, 11) is 0. The molecule has 7 nitrogen and oxygen atoms in total. The summed E-state index contributed by atoms with van der Waals surface area (Å²) >= 11 is 0. The molecule has 0 saturated carbocycles. The minimum atomic E-state index is -0.768. The fourth-order valence-electron chi connectivity index (χ4n) is 3.73. The van der Waals surface area contributed by atoms with Gasteiger partial charge in [-0.2, -0.15) is 0 Å². The normalized spacial score (nSPS) is 11.2.